The lowest BCUT2D eigenvalue weighted by atomic mass is 10.0. The van der Waals surface area contributed by atoms with Gasteiger partial charge in [-0.15, -0.1) is 0 Å². The lowest BCUT2D eigenvalue weighted by Gasteiger charge is -2.05. The van der Waals surface area contributed by atoms with Crippen LogP contribution in [0.4, 0.5) is 28.4 Å². The SMILES string of the molecule is Cc1cc([N+](=O)[O-])ccc1N=C1c2cc([N+](=O)[O-])ccc2-c2c1cc([N+](=O)[O-])cc2[N+](=O)[O-]. The summed E-state index contributed by atoms with van der Waals surface area (Å²) in [6, 6.07) is 9.49. The topological polar surface area (TPSA) is 185 Å². The van der Waals surface area contributed by atoms with Crippen LogP contribution in [0.3, 0.4) is 0 Å². The summed E-state index contributed by atoms with van der Waals surface area (Å²) in [5, 5.41) is 45.4. The van der Waals surface area contributed by atoms with Gasteiger partial charge in [-0.2, -0.15) is 0 Å². The van der Waals surface area contributed by atoms with Crippen molar-refractivity contribution in [2.45, 2.75) is 6.92 Å². The number of hydrogen-bond acceptors (Lipinski definition) is 9. The van der Waals surface area contributed by atoms with Gasteiger partial charge in [-0.05, 0) is 30.2 Å². The molecule has 4 rings (SSSR count). The summed E-state index contributed by atoms with van der Waals surface area (Å²) in [6.07, 6.45) is 0. The number of nitro groups is 4. The molecule has 0 fully saturated rings. The Balaban J connectivity index is 2.06. The number of aryl methyl sites for hydroxylation is 1. The lowest BCUT2D eigenvalue weighted by Crippen LogP contribution is -2.02. The Kier molecular flexibility index (Phi) is 4.85. The molecule has 0 saturated carbocycles. The summed E-state index contributed by atoms with van der Waals surface area (Å²) in [5.74, 6) is 0. The summed E-state index contributed by atoms with van der Waals surface area (Å²) in [5.41, 5.74) is -0.304. The summed E-state index contributed by atoms with van der Waals surface area (Å²) in [4.78, 5) is 47.1. The Morgan fingerprint density at radius 1 is 0.636 bits per heavy atom. The van der Waals surface area contributed by atoms with Crippen molar-refractivity contribution < 1.29 is 19.7 Å². The molecule has 0 heterocycles. The van der Waals surface area contributed by atoms with Crippen molar-refractivity contribution in [3.8, 4) is 11.1 Å². The lowest BCUT2D eigenvalue weighted by molar-refractivity contribution is -0.393. The molecule has 0 atom stereocenters. The monoisotopic (exact) mass is 449 g/mol. The van der Waals surface area contributed by atoms with Crippen LogP contribution >= 0.6 is 0 Å². The van der Waals surface area contributed by atoms with Crippen LogP contribution in [0.1, 0.15) is 16.7 Å². The van der Waals surface area contributed by atoms with E-state index in [1.54, 1.807) is 6.92 Å². The molecule has 164 valence electrons. The Bertz CT molecular complexity index is 1450. The molecule has 13 nitrogen and oxygen atoms in total. The van der Waals surface area contributed by atoms with E-state index in [-0.39, 0.29) is 45.0 Å². The van der Waals surface area contributed by atoms with Gasteiger partial charge in [-0.25, -0.2) is 4.99 Å². The molecule has 0 aromatic heterocycles. The van der Waals surface area contributed by atoms with Crippen LogP contribution < -0.4 is 0 Å². The van der Waals surface area contributed by atoms with Crippen LogP contribution in [0.5, 0.6) is 0 Å². The third-order valence-electron chi connectivity index (χ3n) is 5.13. The van der Waals surface area contributed by atoms with Crippen LogP contribution in [0.15, 0.2) is 53.5 Å². The zero-order valence-electron chi connectivity index (χ0n) is 16.6. The molecule has 0 N–H and O–H groups in total. The van der Waals surface area contributed by atoms with Crippen molar-refractivity contribution >= 4 is 34.1 Å². The van der Waals surface area contributed by atoms with Gasteiger partial charge in [0.2, 0.25) is 0 Å². The van der Waals surface area contributed by atoms with Crippen molar-refractivity contribution in [1.29, 1.82) is 0 Å². The maximum Gasteiger partial charge on any atom is 0.284 e. The number of nitrogens with zero attached hydrogens (tertiary/aromatic N) is 5. The summed E-state index contributed by atoms with van der Waals surface area (Å²) in [6.45, 7) is 1.56. The second kappa shape index (κ2) is 7.56. The van der Waals surface area contributed by atoms with Crippen LogP contribution in [0.2, 0.25) is 0 Å². The van der Waals surface area contributed by atoms with Gasteiger partial charge in [0, 0.05) is 41.5 Å². The molecule has 3 aromatic carbocycles. The average Bonchev–Trinajstić information content (AvgIpc) is 3.07. The Labute approximate surface area is 183 Å². The molecule has 33 heavy (non-hydrogen) atoms. The quantitative estimate of drug-likeness (QED) is 0.307. The molecule has 0 unspecified atom stereocenters. The van der Waals surface area contributed by atoms with Gasteiger partial charge >= 0.3 is 0 Å². The molecule has 0 aliphatic heterocycles. The first-order chi connectivity index (χ1) is 15.6. The maximum absolute atomic E-state index is 11.7. The third kappa shape index (κ3) is 3.52. The first kappa shape index (κ1) is 21.2. The molecule has 0 bridgehead atoms. The minimum atomic E-state index is -0.784. The number of non-ortho nitro benzene ring substituents is 3. The average molecular weight is 449 g/mol. The highest BCUT2D eigenvalue weighted by atomic mass is 16.6. The Morgan fingerprint density at radius 3 is 1.79 bits per heavy atom. The summed E-state index contributed by atoms with van der Waals surface area (Å²) < 4.78 is 0. The van der Waals surface area contributed by atoms with Gasteiger partial charge in [-0.1, -0.05) is 0 Å². The van der Waals surface area contributed by atoms with E-state index in [9.17, 15) is 40.5 Å². The van der Waals surface area contributed by atoms with Crippen molar-refractivity contribution in [1.82, 2.24) is 0 Å². The highest BCUT2D eigenvalue weighted by Crippen LogP contribution is 2.46. The number of fused-ring (bicyclic) bond motifs is 3. The van der Waals surface area contributed by atoms with E-state index in [1.165, 1.54) is 36.4 Å². The minimum Gasteiger partial charge on any atom is -0.258 e. The Hall–Kier alpha value is -5.07. The first-order valence-electron chi connectivity index (χ1n) is 9.18. The smallest absolute Gasteiger partial charge is 0.258 e. The van der Waals surface area contributed by atoms with Gasteiger partial charge in [-0.3, -0.25) is 40.5 Å². The fourth-order valence-electron chi connectivity index (χ4n) is 3.66. The molecule has 1 aliphatic carbocycles. The van der Waals surface area contributed by atoms with Gasteiger partial charge in [0.1, 0.15) is 0 Å². The van der Waals surface area contributed by atoms with E-state index in [1.807, 2.05) is 0 Å². The fourth-order valence-corrected chi connectivity index (χ4v) is 3.66. The highest BCUT2D eigenvalue weighted by molar-refractivity contribution is 6.27. The van der Waals surface area contributed by atoms with Crippen LogP contribution in [0, 0.1) is 47.4 Å². The molecule has 0 amide bonds. The van der Waals surface area contributed by atoms with Crippen molar-refractivity contribution in [3.63, 3.8) is 0 Å². The minimum absolute atomic E-state index is 0.0486. The van der Waals surface area contributed by atoms with E-state index >= 15 is 0 Å². The maximum atomic E-state index is 11.7. The number of aliphatic imine (C=N–C) groups is 1. The van der Waals surface area contributed by atoms with Gasteiger partial charge < -0.3 is 0 Å². The Morgan fingerprint density at radius 2 is 1.21 bits per heavy atom. The number of hydrogen-bond donors (Lipinski definition) is 0. The molecule has 0 saturated heterocycles. The predicted octanol–water partition coefficient (Wildman–Crippen LogP) is 4.78. The van der Waals surface area contributed by atoms with Crippen molar-refractivity contribution in [3.05, 3.63) is 106 Å². The largest absolute Gasteiger partial charge is 0.284 e. The van der Waals surface area contributed by atoms with Gasteiger partial charge in [0.25, 0.3) is 22.7 Å². The van der Waals surface area contributed by atoms with Gasteiger partial charge in [0.05, 0.1) is 42.7 Å². The van der Waals surface area contributed by atoms with Crippen LogP contribution in [0.25, 0.3) is 11.1 Å². The number of benzene rings is 3. The van der Waals surface area contributed by atoms with Gasteiger partial charge in [0.15, 0.2) is 0 Å². The molecule has 3 aromatic rings. The summed E-state index contributed by atoms with van der Waals surface area (Å²) in [7, 11) is 0. The highest BCUT2D eigenvalue weighted by Gasteiger charge is 2.36. The zero-order valence-corrected chi connectivity index (χ0v) is 16.6. The number of rotatable bonds is 5. The van der Waals surface area contributed by atoms with E-state index in [2.05, 4.69) is 4.99 Å². The van der Waals surface area contributed by atoms with Crippen molar-refractivity contribution in [2.75, 3.05) is 0 Å². The first-order valence-corrected chi connectivity index (χ1v) is 9.18. The second-order valence-electron chi connectivity index (χ2n) is 7.08. The molecular formula is C20H11N5O8. The van der Waals surface area contributed by atoms with Crippen molar-refractivity contribution in [2.24, 2.45) is 4.99 Å². The van der Waals surface area contributed by atoms with E-state index < -0.39 is 31.1 Å². The van der Waals surface area contributed by atoms with E-state index in [0.717, 1.165) is 12.1 Å². The van der Waals surface area contributed by atoms with Crippen LogP contribution in [-0.2, 0) is 0 Å². The molecule has 13 heteroatoms. The van der Waals surface area contributed by atoms with E-state index in [4.69, 9.17) is 0 Å². The summed E-state index contributed by atoms with van der Waals surface area (Å²) >= 11 is 0. The number of nitro benzene ring substituents is 4. The molecule has 0 spiro atoms. The normalized spacial score (nSPS) is 12.8. The van der Waals surface area contributed by atoms with Crippen LogP contribution in [-0.4, -0.2) is 25.4 Å². The predicted molar refractivity (Wildman–Crippen MR) is 115 cm³/mol. The molecular weight excluding hydrogens is 438 g/mol. The molecule has 0 radical (unpaired) electrons. The molecule has 1 aliphatic rings. The standard InChI is InChI=1S/C20H11N5O8/c1-10-6-11(22(26)27)3-5-17(10)21-20-15-7-12(23(28)29)2-4-14(15)19-16(20)8-13(24(30)31)9-18(19)25(32)33/h2-9H,1H3. The zero-order chi connectivity index (χ0) is 24.0. The fraction of sp³-hybridized carbons (Fsp3) is 0.0500. The third-order valence-corrected chi connectivity index (χ3v) is 5.13. The second-order valence-corrected chi connectivity index (χ2v) is 7.08. The van der Waals surface area contributed by atoms with E-state index in [0.29, 0.717) is 5.56 Å².